The number of methoxy groups -OCH3 is 1. The van der Waals surface area contributed by atoms with Gasteiger partial charge in [-0.1, -0.05) is 0 Å². The lowest BCUT2D eigenvalue weighted by Gasteiger charge is -2.29. The van der Waals surface area contributed by atoms with Crippen molar-refractivity contribution in [2.45, 2.75) is 37.9 Å². The Kier molecular flexibility index (Phi) is 5.42. The SMILES string of the molecule is COc1ncnc(C2CC2)c1-c1nn(C)c2c1CN(c1ccc(-c3nc(C(F)(F)F)cn3C)nc1)CC2. The molecule has 0 atom stereocenters. The zero-order chi connectivity index (χ0) is 25.9. The molecule has 6 rings (SSSR count). The molecule has 4 aromatic heterocycles. The highest BCUT2D eigenvalue weighted by molar-refractivity contribution is 5.73. The van der Waals surface area contributed by atoms with Crippen LogP contribution in [0, 0.1) is 0 Å². The van der Waals surface area contributed by atoms with Gasteiger partial charge in [-0.05, 0) is 25.0 Å². The van der Waals surface area contributed by atoms with E-state index in [0.29, 0.717) is 24.0 Å². The van der Waals surface area contributed by atoms with Crippen molar-refractivity contribution < 1.29 is 17.9 Å². The standard InChI is InChI=1S/C25H25F3N8O/c1-34-12-19(25(26,27)28)32-23(34)17-7-6-15(10-29-17)36-9-8-18-16(11-36)22(33-35(18)2)20-21(14-4-5-14)30-13-31-24(20)37-3/h6-7,10,12-14H,4-5,8-9,11H2,1-3H3. The predicted octanol–water partition coefficient (Wildman–Crippen LogP) is 4.14. The number of pyridine rings is 1. The first-order valence-electron chi connectivity index (χ1n) is 12.0. The van der Waals surface area contributed by atoms with Crippen LogP contribution in [0.4, 0.5) is 18.9 Å². The first-order chi connectivity index (χ1) is 17.7. The van der Waals surface area contributed by atoms with E-state index in [1.165, 1.54) is 11.6 Å². The number of rotatable bonds is 5. The van der Waals surface area contributed by atoms with Crippen molar-refractivity contribution in [1.29, 1.82) is 0 Å². The third-order valence-corrected chi connectivity index (χ3v) is 6.99. The zero-order valence-electron chi connectivity index (χ0n) is 20.6. The van der Waals surface area contributed by atoms with E-state index >= 15 is 0 Å². The van der Waals surface area contributed by atoms with Gasteiger partial charge >= 0.3 is 6.18 Å². The fourth-order valence-electron chi connectivity index (χ4n) is 4.99. The van der Waals surface area contributed by atoms with Gasteiger partial charge in [0.15, 0.2) is 11.5 Å². The number of aryl methyl sites for hydroxylation is 2. The van der Waals surface area contributed by atoms with Gasteiger partial charge in [0, 0.05) is 57.0 Å². The van der Waals surface area contributed by atoms with Crippen molar-refractivity contribution >= 4 is 5.69 Å². The van der Waals surface area contributed by atoms with Crippen LogP contribution in [-0.4, -0.2) is 47.9 Å². The summed E-state index contributed by atoms with van der Waals surface area (Å²) in [6.07, 6.45) is 2.65. The zero-order valence-corrected chi connectivity index (χ0v) is 20.6. The topological polar surface area (TPSA) is 86.8 Å². The minimum absolute atomic E-state index is 0.165. The van der Waals surface area contributed by atoms with E-state index in [9.17, 15) is 13.2 Å². The van der Waals surface area contributed by atoms with Crippen LogP contribution in [0.15, 0.2) is 30.9 Å². The van der Waals surface area contributed by atoms with Crippen LogP contribution in [0.5, 0.6) is 5.88 Å². The van der Waals surface area contributed by atoms with Crippen molar-refractivity contribution in [3.05, 3.63) is 53.5 Å². The Balaban J connectivity index is 1.32. The summed E-state index contributed by atoms with van der Waals surface area (Å²) >= 11 is 0. The number of nitrogens with zero attached hydrogens (tertiary/aromatic N) is 8. The van der Waals surface area contributed by atoms with Gasteiger partial charge in [-0.2, -0.15) is 18.3 Å². The Bertz CT molecular complexity index is 1470. The molecule has 4 aromatic rings. The largest absolute Gasteiger partial charge is 0.480 e. The molecule has 1 saturated carbocycles. The van der Waals surface area contributed by atoms with Gasteiger partial charge in [-0.25, -0.2) is 15.0 Å². The first kappa shape index (κ1) is 23.4. The maximum atomic E-state index is 13.1. The molecule has 192 valence electrons. The molecule has 2 aliphatic rings. The lowest BCUT2D eigenvalue weighted by Crippen LogP contribution is -2.31. The molecule has 1 fully saturated rings. The molecule has 0 unspecified atom stereocenters. The lowest BCUT2D eigenvalue weighted by molar-refractivity contribution is -0.140. The van der Waals surface area contributed by atoms with Crippen LogP contribution in [-0.2, 0) is 33.2 Å². The molecule has 12 heteroatoms. The quantitative estimate of drug-likeness (QED) is 0.399. The van der Waals surface area contributed by atoms with Crippen LogP contribution < -0.4 is 9.64 Å². The van der Waals surface area contributed by atoms with Gasteiger partial charge in [-0.15, -0.1) is 0 Å². The summed E-state index contributed by atoms with van der Waals surface area (Å²) in [7, 11) is 5.08. The molecule has 0 N–H and O–H groups in total. The van der Waals surface area contributed by atoms with E-state index in [1.54, 1.807) is 25.7 Å². The van der Waals surface area contributed by atoms with E-state index in [1.807, 2.05) is 17.8 Å². The van der Waals surface area contributed by atoms with Crippen molar-refractivity contribution in [3.63, 3.8) is 0 Å². The van der Waals surface area contributed by atoms with Gasteiger partial charge in [0.25, 0.3) is 0 Å². The normalized spacial score (nSPS) is 15.7. The summed E-state index contributed by atoms with van der Waals surface area (Å²) in [6.45, 7) is 1.36. The molecule has 0 spiro atoms. The highest BCUT2D eigenvalue weighted by Crippen LogP contribution is 2.46. The van der Waals surface area contributed by atoms with Crippen LogP contribution in [0.3, 0.4) is 0 Å². The highest BCUT2D eigenvalue weighted by Gasteiger charge is 2.36. The fraction of sp³-hybridized carbons (Fsp3) is 0.400. The Morgan fingerprint density at radius 3 is 2.54 bits per heavy atom. The molecule has 0 amide bonds. The average molecular weight is 511 g/mol. The van der Waals surface area contributed by atoms with Crippen molar-refractivity contribution in [3.8, 4) is 28.7 Å². The minimum Gasteiger partial charge on any atom is -0.480 e. The van der Waals surface area contributed by atoms with E-state index in [2.05, 4.69) is 24.8 Å². The summed E-state index contributed by atoms with van der Waals surface area (Å²) in [5, 5.41) is 4.87. The van der Waals surface area contributed by atoms with E-state index < -0.39 is 11.9 Å². The van der Waals surface area contributed by atoms with Gasteiger partial charge in [-0.3, -0.25) is 9.67 Å². The second kappa shape index (κ2) is 8.56. The molecule has 1 aliphatic carbocycles. The summed E-state index contributed by atoms with van der Waals surface area (Å²) in [5.41, 5.74) is 5.21. The minimum atomic E-state index is -4.51. The lowest BCUT2D eigenvalue weighted by atomic mass is 9.98. The number of alkyl halides is 3. The Labute approximate surface area is 211 Å². The van der Waals surface area contributed by atoms with Gasteiger partial charge in [0.2, 0.25) is 5.88 Å². The van der Waals surface area contributed by atoms with Crippen LogP contribution in [0.1, 0.15) is 41.4 Å². The number of ether oxygens (including phenoxy) is 1. The summed E-state index contributed by atoms with van der Waals surface area (Å²) in [6, 6.07) is 3.57. The molecule has 37 heavy (non-hydrogen) atoms. The summed E-state index contributed by atoms with van der Waals surface area (Å²) in [5.74, 6) is 1.08. The molecule has 9 nitrogen and oxygen atoms in total. The number of anilines is 1. The van der Waals surface area contributed by atoms with Gasteiger partial charge in [0.05, 0.1) is 30.3 Å². The number of imidazole rings is 1. The molecule has 0 aromatic carbocycles. The second-order valence-electron chi connectivity index (χ2n) is 9.45. The maximum absolute atomic E-state index is 13.1. The number of hydrogen-bond acceptors (Lipinski definition) is 7. The average Bonchev–Trinajstić information content (AvgIpc) is 3.58. The molecular formula is C25H25F3N8O. The molecule has 1 aliphatic heterocycles. The van der Waals surface area contributed by atoms with Crippen molar-refractivity contribution in [1.82, 2.24) is 34.3 Å². The molecule has 0 radical (unpaired) electrons. The number of hydrogen-bond donors (Lipinski definition) is 0. The van der Waals surface area contributed by atoms with Crippen LogP contribution in [0.25, 0.3) is 22.8 Å². The van der Waals surface area contributed by atoms with Crippen molar-refractivity contribution in [2.24, 2.45) is 14.1 Å². The molecule has 5 heterocycles. The third-order valence-electron chi connectivity index (χ3n) is 6.99. The number of aromatic nitrogens is 7. The van der Waals surface area contributed by atoms with Crippen LogP contribution in [0.2, 0.25) is 0 Å². The first-order valence-corrected chi connectivity index (χ1v) is 12.0. The third kappa shape index (κ3) is 4.09. The highest BCUT2D eigenvalue weighted by atomic mass is 19.4. The summed E-state index contributed by atoms with van der Waals surface area (Å²) < 4.78 is 48.1. The maximum Gasteiger partial charge on any atom is 0.434 e. The van der Waals surface area contributed by atoms with E-state index in [-0.39, 0.29) is 5.82 Å². The van der Waals surface area contributed by atoms with E-state index in [4.69, 9.17) is 9.84 Å². The Morgan fingerprint density at radius 2 is 1.89 bits per heavy atom. The van der Waals surface area contributed by atoms with E-state index in [0.717, 1.165) is 65.9 Å². The van der Waals surface area contributed by atoms with Crippen molar-refractivity contribution in [2.75, 3.05) is 18.6 Å². The molecule has 0 saturated heterocycles. The number of halogens is 3. The van der Waals surface area contributed by atoms with Gasteiger partial charge in [0.1, 0.15) is 17.7 Å². The Hall–Kier alpha value is -3.96. The molecular weight excluding hydrogens is 485 g/mol. The fourth-order valence-corrected chi connectivity index (χ4v) is 4.99. The smallest absolute Gasteiger partial charge is 0.434 e. The Morgan fingerprint density at radius 1 is 1.08 bits per heavy atom. The van der Waals surface area contributed by atoms with Gasteiger partial charge < -0.3 is 14.2 Å². The predicted molar refractivity (Wildman–Crippen MR) is 129 cm³/mol. The second-order valence-corrected chi connectivity index (χ2v) is 9.45. The van der Waals surface area contributed by atoms with Crippen LogP contribution >= 0.6 is 0 Å². The summed E-state index contributed by atoms with van der Waals surface area (Å²) in [4.78, 5) is 19.3. The monoisotopic (exact) mass is 510 g/mol. The number of fused-ring (bicyclic) bond motifs is 1. The molecule has 0 bridgehead atoms.